The van der Waals surface area contributed by atoms with Gasteiger partial charge in [0.25, 0.3) is 0 Å². The lowest BCUT2D eigenvalue weighted by Gasteiger charge is -2.26. The molecule has 0 N–H and O–H groups in total. The van der Waals surface area contributed by atoms with Crippen LogP contribution in [0, 0.1) is 0 Å². The van der Waals surface area contributed by atoms with E-state index in [1.54, 1.807) is 7.11 Å². The average Bonchev–Trinajstić information content (AvgIpc) is 2.62. The van der Waals surface area contributed by atoms with Gasteiger partial charge in [-0.25, -0.2) is 0 Å². The summed E-state index contributed by atoms with van der Waals surface area (Å²) in [7, 11) is 1.73. The highest BCUT2D eigenvalue weighted by atomic mass is 32.2. The molecule has 3 rings (SSSR count). The molecule has 2 aromatic rings. The number of nitrogens with zero attached hydrogens (tertiary/aromatic N) is 3. The molecule has 0 bridgehead atoms. The second-order valence-corrected chi connectivity index (χ2v) is 6.60. The van der Waals surface area contributed by atoms with Crippen molar-refractivity contribution in [2.75, 3.05) is 36.6 Å². The number of aromatic nitrogens is 2. The number of methoxy groups -OCH3 is 1. The molecule has 0 radical (unpaired) electrons. The van der Waals surface area contributed by atoms with Crippen LogP contribution in [-0.2, 0) is 4.74 Å². The molecular weight excluding hydrogens is 294 g/mol. The zero-order valence-electron chi connectivity index (χ0n) is 13.0. The van der Waals surface area contributed by atoms with Gasteiger partial charge in [0, 0.05) is 37.3 Å². The van der Waals surface area contributed by atoms with Crippen LogP contribution in [0.2, 0.25) is 0 Å². The molecule has 0 spiro atoms. The zero-order chi connectivity index (χ0) is 15.4. The van der Waals surface area contributed by atoms with Crippen molar-refractivity contribution < 1.29 is 4.74 Å². The van der Waals surface area contributed by atoms with Crippen molar-refractivity contribution in [3.05, 3.63) is 42.0 Å². The monoisotopic (exact) mass is 315 g/mol. The maximum atomic E-state index is 5.38. The number of ether oxygens (including phenoxy) is 1. The Morgan fingerprint density at radius 1 is 1.14 bits per heavy atom. The van der Waals surface area contributed by atoms with E-state index >= 15 is 0 Å². The summed E-state index contributed by atoms with van der Waals surface area (Å²) in [5.74, 6) is 3.31. The van der Waals surface area contributed by atoms with Gasteiger partial charge >= 0.3 is 0 Å². The number of rotatable bonds is 4. The first-order valence-corrected chi connectivity index (χ1v) is 8.73. The highest BCUT2D eigenvalue weighted by Gasteiger charge is 2.13. The molecule has 1 fully saturated rings. The van der Waals surface area contributed by atoms with Crippen molar-refractivity contribution in [2.24, 2.45) is 0 Å². The van der Waals surface area contributed by atoms with Gasteiger partial charge in [0.05, 0.1) is 11.8 Å². The third-order valence-electron chi connectivity index (χ3n) is 3.99. The Labute approximate surface area is 135 Å². The molecule has 4 nitrogen and oxygen atoms in total. The Kier molecular flexibility index (Phi) is 4.95. The van der Waals surface area contributed by atoms with Crippen LogP contribution >= 0.6 is 11.8 Å². The Balaban J connectivity index is 1.80. The van der Waals surface area contributed by atoms with Crippen molar-refractivity contribution in [1.29, 1.82) is 0 Å². The van der Waals surface area contributed by atoms with E-state index in [-0.39, 0.29) is 6.10 Å². The quantitative estimate of drug-likeness (QED) is 0.864. The standard InChI is InChI=1S/C17H21N3OS/c1-13(21-2)14-4-3-5-15(12-14)16-6-7-17(19-18-16)20-8-10-22-11-9-20/h3-7,12-13H,8-11H2,1-2H3/t13-/m0/s1. The maximum absolute atomic E-state index is 5.38. The van der Waals surface area contributed by atoms with Crippen molar-refractivity contribution in [1.82, 2.24) is 10.2 Å². The average molecular weight is 315 g/mol. The van der Waals surface area contributed by atoms with Crippen LogP contribution in [0.3, 0.4) is 0 Å². The smallest absolute Gasteiger partial charge is 0.151 e. The van der Waals surface area contributed by atoms with Gasteiger partial charge in [-0.2, -0.15) is 11.8 Å². The van der Waals surface area contributed by atoms with Crippen LogP contribution in [0.4, 0.5) is 5.82 Å². The molecule has 1 atom stereocenters. The SMILES string of the molecule is CO[C@@H](C)c1cccc(-c2ccc(N3CCSCC3)nn2)c1. The van der Waals surface area contributed by atoms with E-state index in [1.807, 2.05) is 24.8 Å². The lowest BCUT2D eigenvalue weighted by molar-refractivity contribution is 0.119. The maximum Gasteiger partial charge on any atom is 0.151 e. The fourth-order valence-corrected chi connectivity index (χ4v) is 3.43. The summed E-state index contributed by atoms with van der Waals surface area (Å²) >= 11 is 2.00. The van der Waals surface area contributed by atoms with Crippen molar-refractivity contribution in [3.8, 4) is 11.3 Å². The zero-order valence-corrected chi connectivity index (χ0v) is 13.8. The molecule has 22 heavy (non-hydrogen) atoms. The molecule has 116 valence electrons. The summed E-state index contributed by atoms with van der Waals surface area (Å²) in [6, 6.07) is 12.4. The Morgan fingerprint density at radius 2 is 1.95 bits per heavy atom. The van der Waals surface area contributed by atoms with Gasteiger partial charge in [0.1, 0.15) is 0 Å². The van der Waals surface area contributed by atoms with E-state index in [1.165, 1.54) is 11.5 Å². The molecule has 1 saturated heterocycles. The van der Waals surface area contributed by atoms with Crippen LogP contribution in [0.1, 0.15) is 18.6 Å². The highest BCUT2D eigenvalue weighted by Crippen LogP contribution is 2.24. The minimum absolute atomic E-state index is 0.0815. The molecule has 0 unspecified atom stereocenters. The molecule has 1 aliphatic heterocycles. The Hall–Kier alpha value is -1.59. The number of hydrogen-bond acceptors (Lipinski definition) is 5. The van der Waals surface area contributed by atoms with Crippen LogP contribution in [-0.4, -0.2) is 41.9 Å². The van der Waals surface area contributed by atoms with E-state index in [2.05, 4.69) is 45.4 Å². The minimum Gasteiger partial charge on any atom is -0.377 e. The topological polar surface area (TPSA) is 38.2 Å². The fourth-order valence-electron chi connectivity index (χ4n) is 2.53. The molecule has 2 heterocycles. The second-order valence-electron chi connectivity index (χ2n) is 5.38. The first-order valence-electron chi connectivity index (χ1n) is 7.57. The predicted octanol–water partition coefficient (Wildman–Crippen LogP) is 3.40. The second kappa shape index (κ2) is 7.11. The molecule has 0 amide bonds. The van der Waals surface area contributed by atoms with Crippen LogP contribution in [0.5, 0.6) is 0 Å². The number of anilines is 1. The third kappa shape index (κ3) is 3.42. The Morgan fingerprint density at radius 3 is 2.64 bits per heavy atom. The van der Waals surface area contributed by atoms with E-state index < -0.39 is 0 Å². The van der Waals surface area contributed by atoms with Gasteiger partial charge in [-0.1, -0.05) is 18.2 Å². The molecule has 0 saturated carbocycles. The number of benzene rings is 1. The lowest BCUT2D eigenvalue weighted by Crippen LogP contribution is -2.33. The van der Waals surface area contributed by atoms with Gasteiger partial charge in [0.2, 0.25) is 0 Å². The number of thioether (sulfide) groups is 1. The van der Waals surface area contributed by atoms with Crippen molar-refractivity contribution in [2.45, 2.75) is 13.0 Å². The summed E-state index contributed by atoms with van der Waals surface area (Å²) < 4.78 is 5.38. The largest absolute Gasteiger partial charge is 0.377 e. The lowest BCUT2D eigenvalue weighted by atomic mass is 10.0. The first kappa shape index (κ1) is 15.3. The van der Waals surface area contributed by atoms with Gasteiger partial charge < -0.3 is 9.64 Å². The van der Waals surface area contributed by atoms with E-state index in [0.717, 1.165) is 35.7 Å². The molecule has 1 aromatic carbocycles. The summed E-state index contributed by atoms with van der Waals surface area (Å²) in [5.41, 5.74) is 3.13. The van der Waals surface area contributed by atoms with Gasteiger partial charge in [0.15, 0.2) is 5.82 Å². The molecular formula is C17H21N3OS. The normalized spacial score (nSPS) is 16.5. The van der Waals surface area contributed by atoms with E-state index in [9.17, 15) is 0 Å². The summed E-state index contributed by atoms with van der Waals surface area (Å²) in [6.07, 6.45) is 0.0815. The molecule has 1 aliphatic rings. The summed E-state index contributed by atoms with van der Waals surface area (Å²) in [5, 5.41) is 8.82. The number of hydrogen-bond donors (Lipinski definition) is 0. The fraction of sp³-hybridized carbons (Fsp3) is 0.412. The van der Waals surface area contributed by atoms with Crippen LogP contribution in [0.15, 0.2) is 36.4 Å². The van der Waals surface area contributed by atoms with Crippen LogP contribution < -0.4 is 4.90 Å². The Bertz CT molecular complexity index is 612. The first-order chi connectivity index (χ1) is 10.8. The summed E-state index contributed by atoms with van der Waals surface area (Å²) in [4.78, 5) is 2.30. The predicted molar refractivity (Wildman–Crippen MR) is 92.4 cm³/mol. The molecule has 5 heteroatoms. The van der Waals surface area contributed by atoms with E-state index in [0.29, 0.717) is 0 Å². The van der Waals surface area contributed by atoms with Gasteiger partial charge in [-0.15, -0.1) is 10.2 Å². The summed E-state index contributed by atoms with van der Waals surface area (Å²) in [6.45, 7) is 4.15. The molecule has 0 aliphatic carbocycles. The van der Waals surface area contributed by atoms with E-state index in [4.69, 9.17) is 4.74 Å². The van der Waals surface area contributed by atoms with Crippen LogP contribution in [0.25, 0.3) is 11.3 Å². The minimum atomic E-state index is 0.0815. The molecule has 1 aromatic heterocycles. The van der Waals surface area contributed by atoms with Crippen molar-refractivity contribution >= 4 is 17.6 Å². The van der Waals surface area contributed by atoms with Gasteiger partial charge in [-0.05, 0) is 30.7 Å². The third-order valence-corrected chi connectivity index (χ3v) is 4.93. The van der Waals surface area contributed by atoms with Gasteiger partial charge in [-0.3, -0.25) is 0 Å². The highest BCUT2D eigenvalue weighted by molar-refractivity contribution is 7.99. The van der Waals surface area contributed by atoms with Crippen molar-refractivity contribution in [3.63, 3.8) is 0 Å².